The molecule has 0 saturated carbocycles. The molecule has 246 valence electrons. The minimum atomic E-state index is -0.247. The van der Waals surface area contributed by atoms with Crippen molar-refractivity contribution in [1.29, 1.82) is 0 Å². The first kappa shape index (κ1) is 29.2. The summed E-state index contributed by atoms with van der Waals surface area (Å²) in [5, 5.41) is 7.11. The number of furan rings is 2. The van der Waals surface area contributed by atoms with Crippen molar-refractivity contribution in [3.05, 3.63) is 175 Å². The number of hydrogen-bond acceptors (Lipinski definition) is 3. The lowest BCUT2D eigenvalue weighted by Gasteiger charge is -2.28. The van der Waals surface area contributed by atoms with Gasteiger partial charge in [-0.1, -0.05) is 111 Å². The zero-order valence-electron chi connectivity index (χ0n) is 28.9. The van der Waals surface area contributed by atoms with E-state index in [2.05, 4.69) is 164 Å². The highest BCUT2D eigenvalue weighted by molar-refractivity contribution is 6.11. The van der Waals surface area contributed by atoms with Crippen LogP contribution in [0.25, 0.3) is 76.9 Å². The average molecular weight is 668 g/mol. The summed E-state index contributed by atoms with van der Waals surface area (Å²) in [6.07, 6.45) is 0. The van der Waals surface area contributed by atoms with E-state index in [4.69, 9.17) is 8.83 Å². The summed E-state index contributed by atoms with van der Waals surface area (Å²) < 4.78 is 12.6. The second kappa shape index (κ2) is 10.7. The molecule has 2 aromatic heterocycles. The largest absolute Gasteiger partial charge is 0.456 e. The molecule has 10 aromatic rings. The molecule has 0 aliphatic heterocycles. The summed E-state index contributed by atoms with van der Waals surface area (Å²) in [6.45, 7) is 4.71. The normalized spacial score (nSPS) is 13.3. The van der Waals surface area contributed by atoms with Crippen molar-refractivity contribution in [2.24, 2.45) is 0 Å². The molecule has 3 heteroatoms. The highest BCUT2D eigenvalue weighted by Gasteiger charge is 2.38. The summed E-state index contributed by atoms with van der Waals surface area (Å²) >= 11 is 0. The van der Waals surface area contributed by atoms with Gasteiger partial charge < -0.3 is 13.7 Å². The highest BCUT2D eigenvalue weighted by atomic mass is 16.3. The van der Waals surface area contributed by atoms with E-state index in [1.54, 1.807) is 0 Å². The Kier molecular flexibility index (Phi) is 6.01. The van der Waals surface area contributed by atoms with E-state index in [1.807, 2.05) is 18.2 Å². The van der Waals surface area contributed by atoms with Crippen LogP contribution in [0.4, 0.5) is 17.1 Å². The molecule has 0 atom stereocenters. The number of nitrogens with zero attached hydrogens (tertiary/aromatic N) is 1. The molecule has 1 aliphatic rings. The van der Waals surface area contributed by atoms with Crippen molar-refractivity contribution in [2.75, 3.05) is 4.90 Å². The molecule has 0 unspecified atom stereocenters. The first-order chi connectivity index (χ1) is 25.5. The van der Waals surface area contributed by atoms with Crippen LogP contribution >= 0.6 is 0 Å². The molecule has 0 saturated heterocycles. The molecule has 8 aromatic carbocycles. The number of benzene rings is 8. The third-order valence-corrected chi connectivity index (χ3v) is 11.2. The number of hydrogen-bond donors (Lipinski definition) is 0. The topological polar surface area (TPSA) is 29.5 Å². The van der Waals surface area contributed by atoms with Gasteiger partial charge in [0, 0.05) is 44.0 Å². The van der Waals surface area contributed by atoms with Gasteiger partial charge in [0.1, 0.15) is 22.3 Å². The van der Waals surface area contributed by atoms with Crippen LogP contribution in [0.1, 0.15) is 25.0 Å². The van der Waals surface area contributed by atoms with E-state index in [-0.39, 0.29) is 5.41 Å². The maximum absolute atomic E-state index is 6.35. The Hall–Kier alpha value is -6.58. The van der Waals surface area contributed by atoms with Crippen LogP contribution in [0.3, 0.4) is 0 Å². The van der Waals surface area contributed by atoms with Gasteiger partial charge >= 0.3 is 0 Å². The van der Waals surface area contributed by atoms with Crippen LogP contribution in [0, 0.1) is 0 Å². The molecule has 3 nitrogen and oxygen atoms in total. The fraction of sp³-hybridized carbons (Fsp3) is 0.0612. The van der Waals surface area contributed by atoms with E-state index >= 15 is 0 Å². The van der Waals surface area contributed by atoms with Gasteiger partial charge in [-0.3, -0.25) is 0 Å². The Balaban J connectivity index is 1.08. The summed E-state index contributed by atoms with van der Waals surface area (Å²) in [5.41, 5.74) is 14.3. The Bertz CT molecular complexity index is 3050. The molecule has 0 bridgehead atoms. The SMILES string of the molecule is CC1(C)c2cc(N(c3ccc(-c4ccc5ccccc5c4)cc3)c3ccc4oc5ccccc5c4c3)ccc2-c2ccc3oc4ccccc4c3c21. The monoisotopic (exact) mass is 667 g/mol. The van der Waals surface area contributed by atoms with E-state index in [1.165, 1.54) is 54.9 Å². The Labute approximate surface area is 301 Å². The van der Waals surface area contributed by atoms with Crippen LogP contribution < -0.4 is 4.90 Å². The number of rotatable bonds is 4. The van der Waals surface area contributed by atoms with E-state index in [0.717, 1.165) is 50.2 Å². The predicted molar refractivity (Wildman–Crippen MR) is 216 cm³/mol. The van der Waals surface area contributed by atoms with Crippen molar-refractivity contribution >= 4 is 71.7 Å². The Morgan fingerprint density at radius 1 is 0.423 bits per heavy atom. The summed E-state index contributed by atoms with van der Waals surface area (Å²) in [5.74, 6) is 0. The first-order valence-corrected chi connectivity index (χ1v) is 17.9. The summed E-state index contributed by atoms with van der Waals surface area (Å²) in [7, 11) is 0. The van der Waals surface area contributed by atoms with Crippen molar-refractivity contribution < 1.29 is 8.83 Å². The van der Waals surface area contributed by atoms with E-state index in [0.29, 0.717) is 0 Å². The van der Waals surface area contributed by atoms with Crippen LogP contribution in [0.2, 0.25) is 0 Å². The standard InChI is InChI=1S/C49H33NO2/c1-49(2)42-29-36(21-23-37(42)39-24-26-46-47(48(39)49)40-12-6-8-14-44(40)52-46)50(35-22-25-45-41(28-35)38-11-5-7-13-43(38)51-45)34-19-17-31(18-20-34)33-16-15-30-9-3-4-10-32(30)27-33/h3-29H,1-2H3. The molecule has 2 heterocycles. The van der Waals surface area contributed by atoms with Gasteiger partial charge in [0.2, 0.25) is 0 Å². The number of fused-ring (bicyclic) bond motifs is 11. The third-order valence-electron chi connectivity index (χ3n) is 11.2. The lowest BCUT2D eigenvalue weighted by Crippen LogP contribution is -2.17. The summed E-state index contributed by atoms with van der Waals surface area (Å²) in [4.78, 5) is 2.38. The van der Waals surface area contributed by atoms with Crippen LogP contribution in [0.15, 0.2) is 173 Å². The van der Waals surface area contributed by atoms with Crippen molar-refractivity contribution in [1.82, 2.24) is 0 Å². The Morgan fingerprint density at radius 2 is 1.02 bits per heavy atom. The molecule has 1 aliphatic carbocycles. The van der Waals surface area contributed by atoms with Gasteiger partial charge in [0.05, 0.1) is 0 Å². The molecule has 0 spiro atoms. The third kappa shape index (κ3) is 4.20. The average Bonchev–Trinajstić information content (AvgIpc) is 3.82. The lowest BCUT2D eigenvalue weighted by atomic mass is 9.80. The molecule has 0 radical (unpaired) electrons. The molecule has 11 rings (SSSR count). The molecular formula is C49H33NO2. The maximum atomic E-state index is 6.35. The molecule has 0 N–H and O–H groups in total. The number of para-hydroxylation sites is 2. The van der Waals surface area contributed by atoms with Gasteiger partial charge in [-0.2, -0.15) is 0 Å². The molecule has 0 amide bonds. The van der Waals surface area contributed by atoms with Gasteiger partial charge in [-0.15, -0.1) is 0 Å². The second-order valence-corrected chi connectivity index (χ2v) is 14.5. The molecular weight excluding hydrogens is 635 g/mol. The minimum Gasteiger partial charge on any atom is -0.456 e. The first-order valence-electron chi connectivity index (χ1n) is 17.9. The van der Waals surface area contributed by atoms with Gasteiger partial charge in [-0.25, -0.2) is 0 Å². The lowest BCUT2D eigenvalue weighted by molar-refractivity contribution is 0.657. The molecule has 52 heavy (non-hydrogen) atoms. The van der Waals surface area contributed by atoms with E-state index < -0.39 is 0 Å². The fourth-order valence-electron chi connectivity index (χ4n) is 8.72. The van der Waals surface area contributed by atoms with E-state index in [9.17, 15) is 0 Å². The van der Waals surface area contributed by atoms with Crippen LogP contribution in [-0.2, 0) is 5.41 Å². The summed E-state index contributed by atoms with van der Waals surface area (Å²) in [6, 6.07) is 58.8. The fourth-order valence-corrected chi connectivity index (χ4v) is 8.72. The van der Waals surface area contributed by atoms with Crippen molar-refractivity contribution in [3.8, 4) is 22.3 Å². The zero-order chi connectivity index (χ0) is 34.6. The predicted octanol–water partition coefficient (Wildman–Crippen LogP) is 14.1. The van der Waals surface area contributed by atoms with Gasteiger partial charge in [-0.05, 0) is 111 Å². The quantitative estimate of drug-likeness (QED) is 0.187. The number of anilines is 3. The smallest absolute Gasteiger partial charge is 0.135 e. The molecule has 0 fully saturated rings. The minimum absolute atomic E-state index is 0.247. The van der Waals surface area contributed by atoms with Gasteiger partial charge in [0.25, 0.3) is 0 Å². The highest BCUT2D eigenvalue weighted by Crippen LogP contribution is 2.54. The Morgan fingerprint density at radius 3 is 1.87 bits per heavy atom. The van der Waals surface area contributed by atoms with Crippen molar-refractivity contribution in [3.63, 3.8) is 0 Å². The van der Waals surface area contributed by atoms with Crippen LogP contribution in [-0.4, -0.2) is 0 Å². The zero-order valence-corrected chi connectivity index (χ0v) is 28.9. The second-order valence-electron chi connectivity index (χ2n) is 14.5. The van der Waals surface area contributed by atoms with Gasteiger partial charge in [0.15, 0.2) is 0 Å². The maximum Gasteiger partial charge on any atom is 0.135 e. The van der Waals surface area contributed by atoms with Crippen LogP contribution in [0.5, 0.6) is 0 Å². The van der Waals surface area contributed by atoms with Crippen molar-refractivity contribution in [2.45, 2.75) is 19.3 Å².